The van der Waals surface area contributed by atoms with Gasteiger partial charge in [-0.1, -0.05) is 48.9 Å². The Labute approximate surface area is 147 Å². The summed E-state index contributed by atoms with van der Waals surface area (Å²) >= 11 is 12.3. The first-order chi connectivity index (χ1) is 10.7. The van der Waals surface area contributed by atoms with Gasteiger partial charge in [0, 0.05) is 22.0 Å². The van der Waals surface area contributed by atoms with E-state index in [9.17, 15) is 5.11 Å². The van der Waals surface area contributed by atoms with Gasteiger partial charge in [-0.25, -0.2) is 9.67 Å². The standard InChI is InChI=1S/C16H19Cl2N3OSi/c1-23(2,3)8-4-7-16(22,10-21-12-19-11-20-21)14-6-5-13(17)9-15(14)18/h5-6,9,11-12,22H,7,10H2,1-3H3. The Kier molecular flexibility index (Phi) is 5.53. The molecule has 1 aromatic carbocycles. The van der Waals surface area contributed by atoms with Crippen molar-refractivity contribution in [3.63, 3.8) is 0 Å². The van der Waals surface area contributed by atoms with Crippen molar-refractivity contribution >= 4 is 31.3 Å². The van der Waals surface area contributed by atoms with Crippen molar-refractivity contribution in [1.29, 1.82) is 0 Å². The highest BCUT2D eigenvalue weighted by atomic mass is 35.5. The van der Waals surface area contributed by atoms with Crippen LogP contribution in [-0.4, -0.2) is 27.9 Å². The molecule has 0 spiro atoms. The molecular weight excluding hydrogens is 349 g/mol. The molecule has 0 saturated heterocycles. The largest absolute Gasteiger partial charge is 0.382 e. The molecule has 7 heteroatoms. The summed E-state index contributed by atoms with van der Waals surface area (Å²) in [6.07, 6.45) is 3.25. The van der Waals surface area contributed by atoms with E-state index in [4.69, 9.17) is 23.2 Å². The first kappa shape index (κ1) is 18.0. The molecule has 0 saturated carbocycles. The Bertz CT molecular complexity index is 732. The first-order valence-corrected chi connectivity index (χ1v) is 11.5. The van der Waals surface area contributed by atoms with Crippen LogP contribution in [0.5, 0.6) is 0 Å². The lowest BCUT2D eigenvalue weighted by Crippen LogP contribution is -2.32. The SMILES string of the molecule is C[Si](C)(C)C#CCC(O)(Cn1cncn1)c1ccc(Cl)cc1Cl. The average Bonchev–Trinajstić information content (AvgIpc) is 2.89. The van der Waals surface area contributed by atoms with Gasteiger partial charge in [0.05, 0.1) is 6.54 Å². The van der Waals surface area contributed by atoms with Crippen molar-refractivity contribution in [2.45, 2.75) is 38.2 Å². The van der Waals surface area contributed by atoms with E-state index in [1.807, 2.05) is 0 Å². The molecule has 1 aromatic heterocycles. The predicted octanol–water partition coefficient (Wildman–Crippen LogP) is 3.74. The number of rotatable bonds is 4. The third-order valence-corrected chi connectivity index (χ3v) is 4.64. The summed E-state index contributed by atoms with van der Waals surface area (Å²) in [5.41, 5.74) is 2.60. The molecule has 0 aliphatic rings. The molecule has 0 aliphatic carbocycles. The van der Waals surface area contributed by atoms with Crippen LogP contribution in [0.15, 0.2) is 30.9 Å². The van der Waals surface area contributed by atoms with E-state index >= 15 is 0 Å². The normalized spacial score (nSPS) is 14.0. The second-order valence-electron chi connectivity index (χ2n) is 6.48. The van der Waals surface area contributed by atoms with Gasteiger partial charge in [-0.2, -0.15) is 5.10 Å². The van der Waals surface area contributed by atoms with Crippen molar-refractivity contribution < 1.29 is 5.11 Å². The summed E-state index contributed by atoms with van der Waals surface area (Å²) in [6, 6.07) is 5.06. The van der Waals surface area contributed by atoms with Gasteiger partial charge in [0.2, 0.25) is 0 Å². The molecule has 0 aliphatic heterocycles. The monoisotopic (exact) mass is 367 g/mol. The maximum Gasteiger partial charge on any atom is 0.137 e. The van der Waals surface area contributed by atoms with Gasteiger partial charge in [-0.05, 0) is 12.1 Å². The van der Waals surface area contributed by atoms with E-state index in [0.717, 1.165) is 0 Å². The number of hydrogen-bond donors (Lipinski definition) is 1. The minimum Gasteiger partial charge on any atom is -0.382 e. The molecule has 1 unspecified atom stereocenters. The molecule has 23 heavy (non-hydrogen) atoms. The molecule has 0 amide bonds. The number of aliphatic hydroxyl groups is 1. The smallest absolute Gasteiger partial charge is 0.137 e. The fraction of sp³-hybridized carbons (Fsp3) is 0.375. The molecule has 0 bridgehead atoms. The fourth-order valence-corrected chi connectivity index (χ4v) is 3.34. The summed E-state index contributed by atoms with van der Waals surface area (Å²) in [5.74, 6) is 3.13. The number of hydrogen-bond acceptors (Lipinski definition) is 3. The van der Waals surface area contributed by atoms with Crippen molar-refractivity contribution in [2.24, 2.45) is 0 Å². The zero-order valence-electron chi connectivity index (χ0n) is 13.3. The summed E-state index contributed by atoms with van der Waals surface area (Å²) < 4.78 is 1.57. The van der Waals surface area contributed by atoms with Crippen LogP contribution in [0.2, 0.25) is 29.7 Å². The van der Waals surface area contributed by atoms with Gasteiger partial charge >= 0.3 is 0 Å². The number of nitrogens with zero attached hydrogens (tertiary/aromatic N) is 3. The topological polar surface area (TPSA) is 50.9 Å². The van der Waals surface area contributed by atoms with E-state index in [-0.39, 0.29) is 13.0 Å². The van der Waals surface area contributed by atoms with Gasteiger partial charge in [0.1, 0.15) is 26.3 Å². The lowest BCUT2D eigenvalue weighted by molar-refractivity contribution is 0.0200. The highest BCUT2D eigenvalue weighted by Gasteiger charge is 2.32. The zero-order chi connectivity index (χ0) is 17.1. The molecule has 1 heterocycles. The molecule has 1 N–H and O–H groups in total. The molecule has 0 fully saturated rings. The average molecular weight is 368 g/mol. The van der Waals surface area contributed by atoms with Crippen molar-refractivity contribution in [2.75, 3.05) is 0 Å². The molecule has 1 atom stereocenters. The lowest BCUT2D eigenvalue weighted by Gasteiger charge is -2.27. The summed E-state index contributed by atoms with van der Waals surface area (Å²) in [6.45, 7) is 6.69. The Hall–Kier alpha value is -1.32. The van der Waals surface area contributed by atoms with Gasteiger partial charge in [0.25, 0.3) is 0 Å². The van der Waals surface area contributed by atoms with E-state index in [0.29, 0.717) is 15.6 Å². The summed E-state index contributed by atoms with van der Waals surface area (Å²) in [5, 5.41) is 16.2. The van der Waals surface area contributed by atoms with Crippen molar-refractivity contribution in [3.05, 3.63) is 46.5 Å². The van der Waals surface area contributed by atoms with Crippen LogP contribution >= 0.6 is 23.2 Å². The van der Waals surface area contributed by atoms with Crippen LogP contribution in [0.1, 0.15) is 12.0 Å². The first-order valence-electron chi connectivity index (χ1n) is 7.20. The minimum atomic E-state index is -1.52. The summed E-state index contributed by atoms with van der Waals surface area (Å²) in [4.78, 5) is 3.91. The fourth-order valence-electron chi connectivity index (χ4n) is 2.14. The molecule has 122 valence electrons. The van der Waals surface area contributed by atoms with Crippen LogP contribution in [0.25, 0.3) is 0 Å². The Morgan fingerprint density at radius 3 is 2.61 bits per heavy atom. The number of halogens is 2. The van der Waals surface area contributed by atoms with Gasteiger partial charge in [-0.15, -0.1) is 11.5 Å². The van der Waals surface area contributed by atoms with E-state index in [2.05, 4.69) is 41.2 Å². The third kappa shape index (κ3) is 5.08. The zero-order valence-corrected chi connectivity index (χ0v) is 15.9. The van der Waals surface area contributed by atoms with E-state index in [1.54, 1.807) is 29.2 Å². The van der Waals surface area contributed by atoms with E-state index < -0.39 is 13.7 Å². The van der Waals surface area contributed by atoms with Gasteiger partial charge in [0.15, 0.2) is 0 Å². The third-order valence-electron chi connectivity index (χ3n) is 3.17. The molecule has 2 rings (SSSR count). The Morgan fingerprint density at radius 2 is 2.04 bits per heavy atom. The Morgan fingerprint density at radius 1 is 1.30 bits per heavy atom. The van der Waals surface area contributed by atoms with E-state index in [1.165, 1.54) is 6.33 Å². The Balaban J connectivity index is 2.39. The second kappa shape index (κ2) is 7.06. The molecule has 2 aromatic rings. The molecule has 0 radical (unpaired) electrons. The van der Waals surface area contributed by atoms with Crippen LogP contribution in [-0.2, 0) is 12.1 Å². The van der Waals surface area contributed by atoms with Crippen LogP contribution in [0.4, 0.5) is 0 Å². The maximum atomic E-state index is 11.2. The van der Waals surface area contributed by atoms with Gasteiger partial charge in [-0.3, -0.25) is 0 Å². The van der Waals surface area contributed by atoms with Gasteiger partial charge < -0.3 is 5.11 Å². The maximum absolute atomic E-state index is 11.2. The van der Waals surface area contributed by atoms with Crippen LogP contribution in [0.3, 0.4) is 0 Å². The predicted molar refractivity (Wildman–Crippen MR) is 96.1 cm³/mol. The highest BCUT2D eigenvalue weighted by Crippen LogP contribution is 2.34. The second-order valence-corrected chi connectivity index (χ2v) is 12.1. The highest BCUT2D eigenvalue weighted by molar-refractivity contribution is 6.83. The lowest BCUT2D eigenvalue weighted by atomic mass is 9.90. The van der Waals surface area contributed by atoms with Crippen molar-refractivity contribution in [3.8, 4) is 11.5 Å². The molecule has 4 nitrogen and oxygen atoms in total. The molecular formula is C16H19Cl2N3OSi. The van der Waals surface area contributed by atoms with Crippen molar-refractivity contribution in [1.82, 2.24) is 14.8 Å². The van der Waals surface area contributed by atoms with Crippen LogP contribution in [0, 0.1) is 11.5 Å². The number of aromatic nitrogens is 3. The minimum absolute atomic E-state index is 0.217. The quantitative estimate of drug-likeness (QED) is 0.661. The summed E-state index contributed by atoms with van der Waals surface area (Å²) in [7, 11) is -1.52. The number of benzene rings is 1. The van der Waals surface area contributed by atoms with Crippen LogP contribution < -0.4 is 0 Å².